The molecular weight excluding hydrogens is 230 g/mol. The van der Waals surface area contributed by atoms with Crippen LogP contribution in [0.25, 0.3) is 0 Å². The zero-order chi connectivity index (χ0) is 13.1. The Bertz CT molecular complexity index is 490. The fourth-order valence-corrected chi connectivity index (χ4v) is 2.05. The summed E-state index contributed by atoms with van der Waals surface area (Å²) in [4.78, 5) is 17.1. The van der Waals surface area contributed by atoms with Crippen molar-refractivity contribution < 1.29 is 4.79 Å². The number of aryl methyl sites for hydroxylation is 1. The predicted octanol–water partition coefficient (Wildman–Crippen LogP) is 1.31. The lowest BCUT2D eigenvalue weighted by Gasteiger charge is -2.21. The minimum Gasteiger partial charge on any atom is -0.385 e. The molecule has 6 heteroatoms. The third-order valence-corrected chi connectivity index (χ3v) is 2.81. The SMILES string of the molecule is C=CCN1C(=O)N=C(N)C1c1cnn(CCC)c1. The second kappa shape index (κ2) is 5.03. The Morgan fingerprint density at radius 2 is 2.39 bits per heavy atom. The van der Waals surface area contributed by atoms with Crippen molar-refractivity contribution in [2.75, 3.05) is 6.54 Å². The molecule has 1 aliphatic heterocycles. The first-order valence-electron chi connectivity index (χ1n) is 5.95. The van der Waals surface area contributed by atoms with E-state index < -0.39 is 0 Å². The summed E-state index contributed by atoms with van der Waals surface area (Å²) in [5.41, 5.74) is 6.71. The van der Waals surface area contributed by atoms with Gasteiger partial charge in [-0.25, -0.2) is 4.79 Å². The zero-order valence-corrected chi connectivity index (χ0v) is 10.4. The summed E-state index contributed by atoms with van der Waals surface area (Å²) in [6.07, 6.45) is 6.31. The smallest absolute Gasteiger partial charge is 0.346 e. The predicted molar refractivity (Wildman–Crippen MR) is 69.2 cm³/mol. The first-order valence-corrected chi connectivity index (χ1v) is 5.95. The van der Waals surface area contributed by atoms with Crippen molar-refractivity contribution in [3.63, 3.8) is 0 Å². The summed E-state index contributed by atoms with van der Waals surface area (Å²) >= 11 is 0. The quantitative estimate of drug-likeness (QED) is 0.797. The molecule has 0 aromatic carbocycles. The molecule has 96 valence electrons. The number of nitrogens with zero attached hydrogens (tertiary/aromatic N) is 4. The molecular formula is C12H17N5O. The molecule has 1 aliphatic rings. The summed E-state index contributed by atoms with van der Waals surface area (Å²) in [6, 6.07) is -0.637. The van der Waals surface area contributed by atoms with Gasteiger partial charge in [0.25, 0.3) is 0 Å². The summed E-state index contributed by atoms with van der Waals surface area (Å²) < 4.78 is 1.84. The van der Waals surface area contributed by atoms with Crippen molar-refractivity contribution in [2.24, 2.45) is 10.7 Å². The van der Waals surface area contributed by atoms with Crippen molar-refractivity contribution in [3.8, 4) is 0 Å². The van der Waals surface area contributed by atoms with Crippen LogP contribution < -0.4 is 5.73 Å². The van der Waals surface area contributed by atoms with E-state index in [9.17, 15) is 4.79 Å². The molecule has 0 radical (unpaired) electrons. The van der Waals surface area contributed by atoms with Crippen molar-refractivity contribution in [2.45, 2.75) is 25.9 Å². The van der Waals surface area contributed by atoms with E-state index in [1.165, 1.54) is 0 Å². The number of amidine groups is 1. The van der Waals surface area contributed by atoms with Gasteiger partial charge in [-0.1, -0.05) is 13.0 Å². The number of hydrogen-bond acceptors (Lipinski definition) is 3. The number of hydrogen-bond donors (Lipinski definition) is 1. The van der Waals surface area contributed by atoms with E-state index >= 15 is 0 Å². The lowest BCUT2D eigenvalue weighted by atomic mass is 10.1. The molecule has 0 aliphatic carbocycles. The van der Waals surface area contributed by atoms with Crippen molar-refractivity contribution in [1.29, 1.82) is 0 Å². The van der Waals surface area contributed by atoms with Crippen LogP contribution in [0.4, 0.5) is 4.79 Å². The molecule has 0 spiro atoms. The maximum absolute atomic E-state index is 11.7. The maximum Gasteiger partial charge on any atom is 0.346 e. The van der Waals surface area contributed by atoms with Gasteiger partial charge in [-0.15, -0.1) is 6.58 Å². The Hall–Kier alpha value is -2.11. The van der Waals surface area contributed by atoms with E-state index in [1.54, 1.807) is 17.2 Å². The summed E-state index contributed by atoms with van der Waals surface area (Å²) in [5.74, 6) is 0.317. The standard InChI is InChI=1S/C12H17N5O/c1-3-5-16-8-9(7-14-16)10-11(13)15-12(18)17(10)6-4-2/h4,7-8,10H,2-3,5-6H2,1H3,(H2,13,15,18). The molecule has 2 rings (SSSR count). The first kappa shape index (κ1) is 12.3. The number of rotatable bonds is 5. The number of aromatic nitrogens is 2. The van der Waals surface area contributed by atoms with Crippen molar-refractivity contribution in [3.05, 3.63) is 30.6 Å². The van der Waals surface area contributed by atoms with Gasteiger partial charge >= 0.3 is 6.03 Å². The van der Waals surface area contributed by atoms with Gasteiger partial charge in [0.05, 0.1) is 6.20 Å². The first-order chi connectivity index (χ1) is 8.67. The largest absolute Gasteiger partial charge is 0.385 e. The third kappa shape index (κ3) is 2.13. The Balaban J connectivity index is 2.25. The molecule has 2 heterocycles. The molecule has 0 saturated heterocycles. The molecule has 18 heavy (non-hydrogen) atoms. The summed E-state index contributed by atoms with van der Waals surface area (Å²) in [7, 11) is 0. The second-order valence-corrected chi connectivity index (χ2v) is 4.20. The van der Waals surface area contributed by atoms with E-state index in [-0.39, 0.29) is 12.1 Å². The molecule has 2 amide bonds. The summed E-state index contributed by atoms with van der Waals surface area (Å²) in [6.45, 7) is 6.99. The van der Waals surface area contributed by atoms with E-state index in [1.807, 2.05) is 10.9 Å². The Kier molecular flexibility index (Phi) is 3.45. The Morgan fingerprint density at radius 1 is 1.61 bits per heavy atom. The van der Waals surface area contributed by atoms with Gasteiger partial charge in [0.1, 0.15) is 11.9 Å². The average Bonchev–Trinajstić information content (AvgIpc) is 2.86. The van der Waals surface area contributed by atoms with Crippen LogP contribution in [0.2, 0.25) is 0 Å². The van der Waals surface area contributed by atoms with Crippen LogP contribution in [0.1, 0.15) is 24.9 Å². The third-order valence-electron chi connectivity index (χ3n) is 2.81. The fraction of sp³-hybridized carbons (Fsp3) is 0.417. The molecule has 0 bridgehead atoms. The lowest BCUT2D eigenvalue weighted by molar-refractivity contribution is 0.213. The Labute approximate surface area is 106 Å². The molecule has 1 aromatic rings. The minimum atomic E-state index is -0.319. The van der Waals surface area contributed by atoms with Gasteiger partial charge in [-0.2, -0.15) is 10.1 Å². The molecule has 0 fully saturated rings. The van der Waals surface area contributed by atoms with Gasteiger partial charge in [0.2, 0.25) is 0 Å². The lowest BCUT2D eigenvalue weighted by Crippen LogP contribution is -2.33. The van der Waals surface area contributed by atoms with Crippen LogP contribution in [0.5, 0.6) is 0 Å². The molecule has 1 aromatic heterocycles. The number of amides is 2. The second-order valence-electron chi connectivity index (χ2n) is 4.20. The van der Waals surface area contributed by atoms with E-state index in [0.29, 0.717) is 12.4 Å². The minimum absolute atomic E-state index is 0.317. The molecule has 1 atom stereocenters. The van der Waals surface area contributed by atoms with E-state index in [2.05, 4.69) is 23.6 Å². The van der Waals surface area contributed by atoms with Gasteiger partial charge in [0.15, 0.2) is 0 Å². The van der Waals surface area contributed by atoms with E-state index in [4.69, 9.17) is 5.73 Å². The fourth-order valence-electron chi connectivity index (χ4n) is 2.05. The van der Waals surface area contributed by atoms with Gasteiger partial charge in [-0.3, -0.25) is 4.68 Å². The number of carbonyl (C=O) groups excluding carboxylic acids is 1. The van der Waals surface area contributed by atoms with Crippen LogP contribution in [0.15, 0.2) is 30.0 Å². The van der Waals surface area contributed by atoms with Crippen LogP contribution >= 0.6 is 0 Å². The number of urea groups is 1. The number of carbonyl (C=O) groups is 1. The molecule has 0 saturated carbocycles. The zero-order valence-electron chi connectivity index (χ0n) is 10.4. The van der Waals surface area contributed by atoms with Crippen LogP contribution in [0, 0.1) is 0 Å². The van der Waals surface area contributed by atoms with Crippen molar-refractivity contribution >= 4 is 11.9 Å². The highest BCUT2D eigenvalue weighted by Crippen LogP contribution is 2.26. The highest BCUT2D eigenvalue weighted by Gasteiger charge is 2.34. The van der Waals surface area contributed by atoms with Gasteiger partial charge < -0.3 is 10.6 Å². The summed E-state index contributed by atoms with van der Waals surface area (Å²) in [5, 5.41) is 4.25. The van der Waals surface area contributed by atoms with Crippen LogP contribution in [-0.2, 0) is 6.54 Å². The molecule has 1 unspecified atom stereocenters. The number of nitrogens with two attached hydrogens (primary N) is 1. The van der Waals surface area contributed by atoms with Crippen LogP contribution in [0.3, 0.4) is 0 Å². The number of aliphatic imine (C=N–C) groups is 1. The highest BCUT2D eigenvalue weighted by atomic mass is 16.2. The highest BCUT2D eigenvalue weighted by molar-refractivity contribution is 6.03. The maximum atomic E-state index is 11.7. The Morgan fingerprint density at radius 3 is 3.06 bits per heavy atom. The average molecular weight is 247 g/mol. The normalized spacial score (nSPS) is 19.2. The van der Waals surface area contributed by atoms with Crippen LogP contribution in [-0.4, -0.2) is 33.1 Å². The van der Waals surface area contributed by atoms with Gasteiger partial charge in [0, 0.05) is 24.8 Å². The molecule has 2 N–H and O–H groups in total. The van der Waals surface area contributed by atoms with Crippen molar-refractivity contribution in [1.82, 2.24) is 14.7 Å². The van der Waals surface area contributed by atoms with Gasteiger partial charge in [-0.05, 0) is 6.42 Å². The molecule has 6 nitrogen and oxygen atoms in total. The topological polar surface area (TPSA) is 76.5 Å². The van der Waals surface area contributed by atoms with E-state index in [0.717, 1.165) is 18.5 Å². The monoisotopic (exact) mass is 247 g/mol.